The summed E-state index contributed by atoms with van der Waals surface area (Å²) >= 11 is 0. The average Bonchev–Trinajstić information content (AvgIpc) is 2.99. The summed E-state index contributed by atoms with van der Waals surface area (Å²) in [7, 11) is 1.33. The van der Waals surface area contributed by atoms with Crippen molar-refractivity contribution in [1.29, 1.82) is 0 Å². The van der Waals surface area contributed by atoms with Crippen molar-refractivity contribution < 1.29 is 19.1 Å². The van der Waals surface area contributed by atoms with Crippen molar-refractivity contribution >= 4 is 55.0 Å². The maximum absolute atomic E-state index is 13.1. The minimum absolute atomic E-state index is 0.00352. The molecule has 0 N–H and O–H groups in total. The third-order valence-electron chi connectivity index (χ3n) is 7.69. The zero-order valence-corrected chi connectivity index (χ0v) is 22.4. The number of ether oxygens (including phenoxy) is 2. The van der Waals surface area contributed by atoms with Crippen LogP contribution >= 0.6 is 0 Å². The summed E-state index contributed by atoms with van der Waals surface area (Å²) in [4.78, 5) is 24.8. The molecule has 0 atom stereocenters. The van der Waals surface area contributed by atoms with E-state index in [1.165, 1.54) is 7.11 Å². The van der Waals surface area contributed by atoms with E-state index in [0.717, 1.165) is 54.2 Å². The molecule has 0 radical (unpaired) electrons. The van der Waals surface area contributed by atoms with Crippen LogP contribution < -0.4 is 0 Å². The van der Waals surface area contributed by atoms with E-state index in [0.29, 0.717) is 12.8 Å². The minimum atomic E-state index is -0.437. The maximum atomic E-state index is 13.1. The monoisotopic (exact) mass is 526 g/mol. The first-order valence-electron chi connectivity index (χ1n) is 13.7. The van der Waals surface area contributed by atoms with Crippen molar-refractivity contribution in [1.82, 2.24) is 0 Å². The summed E-state index contributed by atoms with van der Waals surface area (Å²) in [6.45, 7) is 0. The van der Waals surface area contributed by atoms with Gasteiger partial charge in [0.15, 0.2) is 0 Å². The SMILES string of the molecule is COC(=O)CCC(=O)OC(Cc1c2ccccc2cc2ccccc12)Cc1c2ccccc2cc2ccccc12. The fourth-order valence-corrected chi connectivity index (χ4v) is 5.82. The number of hydrogen-bond acceptors (Lipinski definition) is 4. The number of benzene rings is 6. The lowest BCUT2D eigenvalue weighted by Gasteiger charge is -2.22. The van der Waals surface area contributed by atoms with Crippen LogP contribution in [0.1, 0.15) is 24.0 Å². The number of methoxy groups -OCH3 is 1. The molecule has 0 saturated heterocycles. The summed E-state index contributed by atoms with van der Waals surface area (Å²) in [5.41, 5.74) is 2.31. The Labute approximate surface area is 233 Å². The van der Waals surface area contributed by atoms with Gasteiger partial charge in [-0.3, -0.25) is 9.59 Å². The standard InChI is InChI=1S/C36H30O4/c1-39-35(37)18-19-36(38)40-28(22-33-29-14-6-2-10-24(29)20-25-11-3-7-15-30(25)33)23-34-31-16-8-4-12-26(31)21-27-13-5-9-17-32(27)34/h2-17,20-21,28H,18-19,22-23H2,1H3. The molecule has 0 saturated carbocycles. The Morgan fingerprint density at radius 1 is 0.550 bits per heavy atom. The second-order valence-electron chi connectivity index (χ2n) is 10.2. The van der Waals surface area contributed by atoms with Gasteiger partial charge in [-0.2, -0.15) is 0 Å². The van der Waals surface area contributed by atoms with E-state index < -0.39 is 18.0 Å². The topological polar surface area (TPSA) is 52.6 Å². The molecule has 0 aromatic heterocycles. The fraction of sp³-hybridized carbons (Fsp3) is 0.167. The molecule has 4 nitrogen and oxygen atoms in total. The zero-order valence-electron chi connectivity index (χ0n) is 22.4. The van der Waals surface area contributed by atoms with Crippen molar-refractivity contribution in [2.45, 2.75) is 31.8 Å². The van der Waals surface area contributed by atoms with Crippen molar-refractivity contribution in [3.8, 4) is 0 Å². The van der Waals surface area contributed by atoms with E-state index in [9.17, 15) is 9.59 Å². The third-order valence-corrected chi connectivity index (χ3v) is 7.69. The van der Waals surface area contributed by atoms with Crippen molar-refractivity contribution in [3.05, 3.63) is 120 Å². The quantitative estimate of drug-likeness (QED) is 0.149. The van der Waals surface area contributed by atoms with Crippen LogP contribution in [-0.4, -0.2) is 25.2 Å². The van der Waals surface area contributed by atoms with Gasteiger partial charge >= 0.3 is 11.9 Å². The highest BCUT2D eigenvalue weighted by Crippen LogP contribution is 2.33. The van der Waals surface area contributed by atoms with Gasteiger partial charge < -0.3 is 9.47 Å². The van der Waals surface area contributed by atoms with Crippen LogP contribution in [0.5, 0.6) is 0 Å². The Morgan fingerprint density at radius 2 is 0.900 bits per heavy atom. The molecule has 0 bridgehead atoms. The number of carbonyl (C=O) groups excluding carboxylic acids is 2. The molecule has 0 aliphatic carbocycles. The molecule has 0 heterocycles. The van der Waals surface area contributed by atoms with E-state index in [4.69, 9.17) is 9.47 Å². The summed E-state index contributed by atoms with van der Waals surface area (Å²) in [6.07, 6.45) is 0.632. The Kier molecular flexibility index (Phi) is 7.15. The first-order valence-corrected chi connectivity index (χ1v) is 13.7. The highest BCUT2D eigenvalue weighted by Gasteiger charge is 2.22. The normalized spacial score (nSPS) is 11.4. The maximum Gasteiger partial charge on any atom is 0.306 e. The van der Waals surface area contributed by atoms with E-state index >= 15 is 0 Å². The molecule has 6 aromatic carbocycles. The van der Waals surface area contributed by atoms with Crippen LogP contribution in [-0.2, 0) is 31.9 Å². The van der Waals surface area contributed by atoms with Crippen LogP contribution in [0.25, 0.3) is 43.1 Å². The molecule has 6 rings (SSSR count). The summed E-state index contributed by atoms with van der Waals surface area (Å²) in [6, 6.07) is 37.9. The molecular weight excluding hydrogens is 496 g/mol. The van der Waals surface area contributed by atoms with E-state index in [2.05, 4.69) is 84.9 Å². The van der Waals surface area contributed by atoms with Gasteiger partial charge in [0.1, 0.15) is 6.10 Å². The van der Waals surface area contributed by atoms with Gasteiger partial charge in [-0.15, -0.1) is 0 Å². The van der Waals surface area contributed by atoms with Crippen LogP contribution in [0.3, 0.4) is 0 Å². The lowest BCUT2D eigenvalue weighted by Crippen LogP contribution is -2.24. The first kappa shape index (κ1) is 25.6. The zero-order chi connectivity index (χ0) is 27.5. The van der Waals surface area contributed by atoms with E-state index in [1.807, 2.05) is 24.3 Å². The summed E-state index contributed by atoms with van der Waals surface area (Å²) < 4.78 is 10.9. The Hall–Kier alpha value is -4.70. The smallest absolute Gasteiger partial charge is 0.306 e. The molecule has 4 heteroatoms. The third kappa shape index (κ3) is 5.13. The predicted molar refractivity (Wildman–Crippen MR) is 161 cm³/mol. The second-order valence-corrected chi connectivity index (χ2v) is 10.2. The molecule has 198 valence electrons. The van der Waals surface area contributed by atoms with Crippen LogP contribution in [0, 0.1) is 0 Å². The number of hydrogen-bond donors (Lipinski definition) is 0. The Balaban J connectivity index is 1.46. The van der Waals surface area contributed by atoms with Crippen LogP contribution in [0.4, 0.5) is 0 Å². The molecule has 0 aliphatic rings. The van der Waals surface area contributed by atoms with Gasteiger partial charge in [0.25, 0.3) is 0 Å². The van der Waals surface area contributed by atoms with Gasteiger partial charge in [0, 0.05) is 12.8 Å². The van der Waals surface area contributed by atoms with Crippen molar-refractivity contribution in [2.24, 2.45) is 0 Å². The molecule has 0 amide bonds. The number of esters is 2. The minimum Gasteiger partial charge on any atom is -0.469 e. The molecule has 6 aromatic rings. The van der Waals surface area contributed by atoms with Crippen LogP contribution in [0.2, 0.25) is 0 Å². The highest BCUT2D eigenvalue weighted by molar-refractivity contribution is 6.03. The molecule has 0 spiro atoms. The average molecular weight is 527 g/mol. The van der Waals surface area contributed by atoms with Gasteiger partial charge in [-0.25, -0.2) is 0 Å². The number of fused-ring (bicyclic) bond motifs is 4. The summed E-state index contributed by atoms with van der Waals surface area (Å²) in [5, 5.41) is 9.23. The number of carbonyl (C=O) groups is 2. The lowest BCUT2D eigenvalue weighted by atomic mass is 9.89. The van der Waals surface area contributed by atoms with Gasteiger partial charge in [-0.1, -0.05) is 97.1 Å². The largest absolute Gasteiger partial charge is 0.469 e. The van der Waals surface area contributed by atoms with Gasteiger partial charge in [0.05, 0.1) is 20.0 Å². The first-order chi connectivity index (χ1) is 19.6. The van der Waals surface area contributed by atoms with Crippen molar-refractivity contribution in [2.75, 3.05) is 7.11 Å². The molecule has 0 fully saturated rings. The summed E-state index contributed by atoms with van der Waals surface area (Å²) in [5.74, 6) is -0.821. The van der Waals surface area contributed by atoms with Gasteiger partial charge in [0.2, 0.25) is 0 Å². The molecular formula is C36H30O4. The molecule has 0 unspecified atom stereocenters. The van der Waals surface area contributed by atoms with Gasteiger partial charge in [-0.05, 0) is 66.3 Å². The van der Waals surface area contributed by atoms with Crippen molar-refractivity contribution in [3.63, 3.8) is 0 Å². The number of rotatable bonds is 8. The Bertz CT molecular complexity index is 1640. The fourth-order valence-electron chi connectivity index (χ4n) is 5.82. The van der Waals surface area contributed by atoms with Crippen LogP contribution in [0.15, 0.2) is 109 Å². The highest BCUT2D eigenvalue weighted by atomic mass is 16.5. The predicted octanol–water partition coefficient (Wildman–Crippen LogP) is 7.95. The van der Waals surface area contributed by atoms with E-state index in [-0.39, 0.29) is 12.8 Å². The van der Waals surface area contributed by atoms with E-state index in [1.54, 1.807) is 0 Å². The molecule has 40 heavy (non-hydrogen) atoms. The molecule has 0 aliphatic heterocycles. The second kappa shape index (κ2) is 11.2. The lowest BCUT2D eigenvalue weighted by molar-refractivity contribution is -0.152. The Morgan fingerprint density at radius 3 is 1.27 bits per heavy atom.